The van der Waals surface area contributed by atoms with Crippen LogP contribution in [0.25, 0.3) is 0 Å². The van der Waals surface area contributed by atoms with Gasteiger partial charge in [0.15, 0.2) is 0 Å². The fraction of sp³-hybridized carbons (Fsp3) is 0.158. The smallest absolute Gasteiger partial charge is 0.122 e. The van der Waals surface area contributed by atoms with Gasteiger partial charge in [-0.1, -0.05) is 42.5 Å². The molecule has 0 aliphatic carbocycles. The molecule has 3 rings (SSSR count). The minimum Gasteiger partial charge on any atom is -0.488 e. The summed E-state index contributed by atoms with van der Waals surface area (Å²) in [5.41, 5.74) is 2.60. The van der Waals surface area contributed by atoms with Crippen LogP contribution in [0.1, 0.15) is 20.9 Å². The zero-order valence-corrected chi connectivity index (χ0v) is 12.9. The fourth-order valence-electron chi connectivity index (χ4n) is 2.29. The van der Waals surface area contributed by atoms with Crippen LogP contribution < -0.4 is 4.74 Å². The summed E-state index contributed by atoms with van der Waals surface area (Å²) in [6.45, 7) is 2.77. The van der Waals surface area contributed by atoms with Gasteiger partial charge in [0.2, 0.25) is 0 Å². The van der Waals surface area contributed by atoms with E-state index in [9.17, 15) is 0 Å². The van der Waals surface area contributed by atoms with Crippen molar-refractivity contribution in [2.75, 3.05) is 0 Å². The Balaban J connectivity index is 1.65. The summed E-state index contributed by atoms with van der Waals surface area (Å²) in [6.07, 6.45) is 0.941. The van der Waals surface area contributed by atoms with Gasteiger partial charge in [-0.2, -0.15) is 0 Å². The maximum atomic E-state index is 5.89. The highest BCUT2D eigenvalue weighted by Gasteiger charge is 2.01. The first kappa shape index (κ1) is 13.9. The van der Waals surface area contributed by atoms with Crippen LogP contribution in [0.4, 0.5) is 0 Å². The lowest BCUT2D eigenvalue weighted by atomic mass is 10.1. The van der Waals surface area contributed by atoms with Crippen molar-refractivity contribution >= 4 is 11.3 Å². The standard InChI is InChI=1S/C19H18OS/c1-15-10-11-19(21-15)14-20-18-9-5-8-17(13-18)12-16-6-3-2-4-7-16/h2-11,13H,12,14H2,1H3. The monoisotopic (exact) mass is 294 g/mol. The van der Waals surface area contributed by atoms with Crippen LogP contribution >= 0.6 is 11.3 Å². The van der Waals surface area contributed by atoms with E-state index in [1.807, 2.05) is 12.1 Å². The third kappa shape index (κ3) is 3.96. The van der Waals surface area contributed by atoms with Crippen LogP contribution in [0.15, 0.2) is 66.7 Å². The summed E-state index contributed by atoms with van der Waals surface area (Å²) in [4.78, 5) is 2.59. The summed E-state index contributed by atoms with van der Waals surface area (Å²) in [5, 5.41) is 0. The van der Waals surface area contributed by atoms with Crippen LogP contribution in [0.3, 0.4) is 0 Å². The maximum Gasteiger partial charge on any atom is 0.122 e. The van der Waals surface area contributed by atoms with Gasteiger partial charge in [0, 0.05) is 9.75 Å². The van der Waals surface area contributed by atoms with Crippen molar-refractivity contribution in [2.45, 2.75) is 20.0 Å². The van der Waals surface area contributed by atoms with E-state index in [2.05, 4.69) is 61.5 Å². The number of ether oxygens (including phenoxy) is 1. The molecule has 0 atom stereocenters. The van der Waals surface area contributed by atoms with Crippen molar-refractivity contribution in [2.24, 2.45) is 0 Å². The highest BCUT2D eigenvalue weighted by molar-refractivity contribution is 7.11. The number of benzene rings is 2. The first-order valence-corrected chi connectivity index (χ1v) is 7.92. The number of hydrogen-bond donors (Lipinski definition) is 0. The molecule has 2 aromatic carbocycles. The normalized spacial score (nSPS) is 10.5. The summed E-state index contributed by atoms with van der Waals surface area (Å²) in [6, 6.07) is 23.1. The second kappa shape index (κ2) is 6.59. The van der Waals surface area contributed by atoms with Gasteiger partial charge < -0.3 is 4.74 Å². The molecule has 0 N–H and O–H groups in total. The van der Waals surface area contributed by atoms with Gasteiger partial charge in [-0.15, -0.1) is 11.3 Å². The molecule has 0 saturated carbocycles. The Bertz CT molecular complexity index is 700. The molecule has 0 fully saturated rings. The molecule has 0 aliphatic rings. The molecule has 0 bridgehead atoms. The molecule has 0 saturated heterocycles. The zero-order valence-electron chi connectivity index (χ0n) is 12.1. The molecule has 0 spiro atoms. The Hall–Kier alpha value is -2.06. The second-order valence-corrected chi connectivity index (χ2v) is 6.48. The Kier molecular flexibility index (Phi) is 4.37. The highest BCUT2D eigenvalue weighted by atomic mass is 32.1. The first-order chi connectivity index (χ1) is 10.3. The first-order valence-electron chi connectivity index (χ1n) is 7.10. The van der Waals surface area contributed by atoms with E-state index >= 15 is 0 Å². The van der Waals surface area contributed by atoms with Crippen LogP contribution in [-0.4, -0.2) is 0 Å². The van der Waals surface area contributed by atoms with Crippen LogP contribution in [0.5, 0.6) is 5.75 Å². The minimum absolute atomic E-state index is 0.646. The van der Waals surface area contributed by atoms with Gasteiger partial charge in [0.25, 0.3) is 0 Å². The summed E-state index contributed by atoms with van der Waals surface area (Å²) < 4.78 is 5.89. The average Bonchev–Trinajstić information content (AvgIpc) is 2.92. The third-order valence-corrected chi connectivity index (χ3v) is 4.30. The Morgan fingerprint density at radius 1 is 0.857 bits per heavy atom. The van der Waals surface area contributed by atoms with Gasteiger partial charge in [-0.3, -0.25) is 0 Å². The Labute approximate surface area is 129 Å². The predicted octanol–water partition coefficient (Wildman–Crippen LogP) is 5.23. The van der Waals surface area contributed by atoms with Crippen LogP contribution in [0, 0.1) is 6.92 Å². The van der Waals surface area contributed by atoms with Crippen molar-refractivity contribution in [1.82, 2.24) is 0 Å². The molecule has 1 aromatic heterocycles. The van der Waals surface area contributed by atoms with Gasteiger partial charge in [0.05, 0.1) is 0 Å². The molecule has 0 unspecified atom stereocenters. The molecule has 3 aromatic rings. The van der Waals surface area contributed by atoms with E-state index in [0.29, 0.717) is 6.61 Å². The van der Waals surface area contributed by atoms with E-state index in [1.165, 1.54) is 20.9 Å². The molecule has 1 nitrogen and oxygen atoms in total. The quantitative estimate of drug-likeness (QED) is 0.626. The second-order valence-electron chi connectivity index (χ2n) is 5.11. The average molecular weight is 294 g/mol. The summed E-state index contributed by atoms with van der Waals surface area (Å²) >= 11 is 1.79. The molecular weight excluding hydrogens is 276 g/mol. The van der Waals surface area contributed by atoms with Crippen molar-refractivity contribution in [3.8, 4) is 5.75 Å². The Morgan fingerprint density at radius 3 is 2.43 bits per heavy atom. The van der Waals surface area contributed by atoms with Crippen molar-refractivity contribution < 1.29 is 4.74 Å². The van der Waals surface area contributed by atoms with Crippen molar-refractivity contribution in [1.29, 1.82) is 0 Å². The van der Waals surface area contributed by atoms with E-state index in [4.69, 9.17) is 4.74 Å². The number of thiophene rings is 1. The molecule has 0 aliphatic heterocycles. The van der Waals surface area contributed by atoms with Crippen LogP contribution in [0.2, 0.25) is 0 Å². The summed E-state index contributed by atoms with van der Waals surface area (Å²) in [5.74, 6) is 0.939. The van der Waals surface area contributed by atoms with E-state index in [1.54, 1.807) is 11.3 Å². The van der Waals surface area contributed by atoms with Gasteiger partial charge in [0.1, 0.15) is 12.4 Å². The fourth-order valence-corrected chi connectivity index (χ4v) is 3.10. The Morgan fingerprint density at radius 2 is 1.67 bits per heavy atom. The molecule has 1 heterocycles. The minimum atomic E-state index is 0.646. The van der Waals surface area contributed by atoms with E-state index < -0.39 is 0 Å². The number of aryl methyl sites for hydroxylation is 1. The molecule has 0 amide bonds. The van der Waals surface area contributed by atoms with Gasteiger partial charge >= 0.3 is 0 Å². The number of hydrogen-bond acceptors (Lipinski definition) is 2. The number of rotatable bonds is 5. The molecule has 106 valence electrons. The molecule has 2 heteroatoms. The SMILES string of the molecule is Cc1ccc(COc2cccc(Cc3ccccc3)c2)s1. The summed E-state index contributed by atoms with van der Waals surface area (Å²) in [7, 11) is 0. The maximum absolute atomic E-state index is 5.89. The van der Waals surface area contributed by atoms with Crippen molar-refractivity contribution in [3.63, 3.8) is 0 Å². The lowest BCUT2D eigenvalue weighted by molar-refractivity contribution is 0.309. The van der Waals surface area contributed by atoms with Gasteiger partial charge in [-0.05, 0) is 48.7 Å². The lowest BCUT2D eigenvalue weighted by Gasteiger charge is -2.07. The molecule has 0 radical (unpaired) electrons. The molecule has 21 heavy (non-hydrogen) atoms. The van der Waals surface area contributed by atoms with Gasteiger partial charge in [-0.25, -0.2) is 0 Å². The van der Waals surface area contributed by atoms with E-state index in [-0.39, 0.29) is 0 Å². The highest BCUT2D eigenvalue weighted by Crippen LogP contribution is 2.20. The van der Waals surface area contributed by atoms with E-state index in [0.717, 1.165) is 12.2 Å². The topological polar surface area (TPSA) is 9.23 Å². The molecular formula is C19H18OS. The lowest BCUT2D eigenvalue weighted by Crippen LogP contribution is -1.94. The van der Waals surface area contributed by atoms with Crippen molar-refractivity contribution in [3.05, 3.63) is 87.6 Å². The largest absolute Gasteiger partial charge is 0.488 e. The zero-order chi connectivity index (χ0) is 14.5. The predicted molar refractivity (Wildman–Crippen MR) is 89.1 cm³/mol. The third-order valence-electron chi connectivity index (χ3n) is 3.33. The van der Waals surface area contributed by atoms with Crippen LogP contribution in [-0.2, 0) is 13.0 Å².